The maximum Gasteiger partial charge on any atom is 0.339 e. The molecule has 0 bridgehead atoms. The van der Waals surface area contributed by atoms with Gasteiger partial charge in [0.1, 0.15) is 5.02 Å². The van der Waals surface area contributed by atoms with E-state index in [1.807, 2.05) is 23.7 Å². The van der Waals surface area contributed by atoms with Gasteiger partial charge in [-0.2, -0.15) is 0 Å². The average Bonchev–Trinajstić information content (AvgIpc) is 3.05. The third-order valence-corrected chi connectivity index (χ3v) is 4.98. The summed E-state index contributed by atoms with van der Waals surface area (Å²) >= 11 is 12.1. The number of nitrogens with one attached hydrogen (secondary N) is 1. The molecular weight excluding hydrogens is 401 g/mol. The number of aryl methyl sites for hydroxylation is 2. The summed E-state index contributed by atoms with van der Waals surface area (Å²) in [6.45, 7) is 0. The Bertz CT molecular complexity index is 1050. The van der Waals surface area contributed by atoms with Crippen LogP contribution < -0.4 is 10.9 Å². The second kappa shape index (κ2) is 8.12. The maximum atomic E-state index is 12.3. The Morgan fingerprint density at radius 2 is 1.79 bits per heavy atom. The summed E-state index contributed by atoms with van der Waals surface area (Å²) in [6, 6.07) is 10.2. The fourth-order valence-corrected chi connectivity index (χ4v) is 3.44. The van der Waals surface area contributed by atoms with Gasteiger partial charge in [-0.1, -0.05) is 35.3 Å². The monoisotopic (exact) mass is 419 g/mol. The number of aromatic nitrogens is 2. The van der Waals surface area contributed by atoms with Gasteiger partial charge in [0.2, 0.25) is 0 Å². The number of pyridine rings is 1. The zero-order valence-electron chi connectivity index (χ0n) is 15.6. The minimum absolute atomic E-state index is 0.0995. The van der Waals surface area contributed by atoms with E-state index in [0.29, 0.717) is 22.0 Å². The summed E-state index contributed by atoms with van der Waals surface area (Å²) in [5, 5.41) is 4.07. The zero-order valence-corrected chi connectivity index (χ0v) is 17.1. The summed E-state index contributed by atoms with van der Waals surface area (Å²) in [7, 11) is 4.82. The molecule has 0 saturated carbocycles. The molecule has 0 radical (unpaired) electrons. The van der Waals surface area contributed by atoms with Gasteiger partial charge in [0.05, 0.1) is 30.1 Å². The molecule has 1 unspecified atom stereocenters. The number of carbonyl (C=O) groups excluding carboxylic acids is 1. The molecule has 0 aliphatic heterocycles. The first-order valence-electron chi connectivity index (χ1n) is 8.43. The van der Waals surface area contributed by atoms with Gasteiger partial charge in [0.15, 0.2) is 0 Å². The lowest BCUT2D eigenvalue weighted by Gasteiger charge is -2.23. The van der Waals surface area contributed by atoms with Gasteiger partial charge in [0, 0.05) is 31.5 Å². The molecule has 2 heterocycles. The maximum absolute atomic E-state index is 12.3. The number of nitrogens with zero attached hydrogens (tertiary/aromatic N) is 2. The van der Waals surface area contributed by atoms with Crippen molar-refractivity contribution < 1.29 is 9.53 Å². The Kier molecular flexibility index (Phi) is 5.82. The number of hydrogen-bond acceptors (Lipinski definition) is 4. The number of ether oxygens (including phenoxy) is 1. The molecule has 0 amide bonds. The van der Waals surface area contributed by atoms with Crippen molar-refractivity contribution in [2.24, 2.45) is 14.1 Å². The van der Waals surface area contributed by atoms with Crippen LogP contribution in [0.1, 0.15) is 27.7 Å². The summed E-state index contributed by atoms with van der Waals surface area (Å²) in [5.74, 6) is -0.435. The second-order valence-electron chi connectivity index (χ2n) is 6.34. The molecule has 0 spiro atoms. The van der Waals surface area contributed by atoms with Crippen LogP contribution >= 0.6 is 23.2 Å². The molecule has 0 aliphatic rings. The predicted octanol–water partition coefficient (Wildman–Crippen LogP) is 4.02. The van der Waals surface area contributed by atoms with Crippen molar-refractivity contribution in [2.75, 3.05) is 12.4 Å². The lowest BCUT2D eigenvalue weighted by Crippen LogP contribution is -2.22. The quantitative estimate of drug-likeness (QED) is 0.634. The largest absolute Gasteiger partial charge is 0.465 e. The highest BCUT2D eigenvalue weighted by Gasteiger charge is 2.25. The molecule has 0 aliphatic carbocycles. The second-order valence-corrected chi connectivity index (χ2v) is 7.18. The van der Waals surface area contributed by atoms with Gasteiger partial charge in [-0.15, -0.1) is 0 Å². The highest BCUT2D eigenvalue weighted by Crippen LogP contribution is 2.31. The first kappa shape index (κ1) is 20.0. The standard InChI is InChI=1S/C20H19Cl2N3O3/c1-24-9-8-15(20(27)28-3)18(24)17(12-4-6-13(21)7-5-12)23-14-10-16(22)19(26)25(2)11-14/h4-11,17,23H,1-3H3. The van der Waals surface area contributed by atoms with Gasteiger partial charge in [-0.05, 0) is 29.8 Å². The summed E-state index contributed by atoms with van der Waals surface area (Å²) in [5.41, 5.74) is 2.36. The third-order valence-electron chi connectivity index (χ3n) is 4.45. The van der Waals surface area contributed by atoms with Gasteiger partial charge < -0.3 is 19.2 Å². The summed E-state index contributed by atoms with van der Waals surface area (Å²) in [6.07, 6.45) is 3.44. The number of halogens is 2. The van der Waals surface area contributed by atoms with Crippen LogP contribution in [-0.2, 0) is 18.8 Å². The van der Waals surface area contributed by atoms with Crippen LogP contribution in [0.3, 0.4) is 0 Å². The van der Waals surface area contributed by atoms with Crippen LogP contribution in [0, 0.1) is 0 Å². The topological polar surface area (TPSA) is 65.3 Å². The van der Waals surface area contributed by atoms with E-state index in [-0.39, 0.29) is 10.6 Å². The van der Waals surface area contributed by atoms with E-state index < -0.39 is 12.0 Å². The number of hydrogen-bond donors (Lipinski definition) is 1. The van der Waals surface area contributed by atoms with Crippen molar-refractivity contribution in [3.05, 3.63) is 86.0 Å². The van der Waals surface area contributed by atoms with E-state index in [9.17, 15) is 9.59 Å². The van der Waals surface area contributed by atoms with Gasteiger partial charge in [-0.25, -0.2) is 4.79 Å². The van der Waals surface area contributed by atoms with E-state index >= 15 is 0 Å². The minimum Gasteiger partial charge on any atom is -0.465 e. The number of rotatable bonds is 5. The van der Waals surface area contributed by atoms with E-state index in [4.69, 9.17) is 27.9 Å². The van der Waals surface area contributed by atoms with E-state index in [1.54, 1.807) is 43.7 Å². The van der Waals surface area contributed by atoms with Crippen molar-refractivity contribution >= 4 is 34.9 Å². The lowest BCUT2D eigenvalue weighted by molar-refractivity contribution is 0.0599. The number of methoxy groups -OCH3 is 1. The fourth-order valence-electron chi connectivity index (χ4n) is 3.07. The Balaban J connectivity index is 2.14. The molecule has 6 nitrogen and oxygen atoms in total. The van der Waals surface area contributed by atoms with Crippen LogP contribution in [0.4, 0.5) is 5.69 Å². The zero-order chi connectivity index (χ0) is 20.4. The number of benzene rings is 1. The predicted molar refractivity (Wildman–Crippen MR) is 110 cm³/mol. The SMILES string of the molecule is COC(=O)c1ccn(C)c1C(Nc1cc(Cl)c(=O)n(C)c1)c1ccc(Cl)cc1. The van der Waals surface area contributed by atoms with Crippen molar-refractivity contribution in [3.8, 4) is 0 Å². The summed E-state index contributed by atoms with van der Waals surface area (Å²) < 4.78 is 8.18. The molecule has 0 fully saturated rings. The van der Waals surface area contributed by atoms with Gasteiger partial charge in [0.25, 0.3) is 5.56 Å². The smallest absolute Gasteiger partial charge is 0.339 e. The Morgan fingerprint density at radius 1 is 1.11 bits per heavy atom. The number of anilines is 1. The van der Waals surface area contributed by atoms with Gasteiger partial charge in [-0.3, -0.25) is 4.79 Å². The lowest BCUT2D eigenvalue weighted by atomic mass is 10.00. The van der Waals surface area contributed by atoms with Crippen LogP contribution in [0.25, 0.3) is 0 Å². The van der Waals surface area contributed by atoms with Gasteiger partial charge >= 0.3 is 5.97 Å². The Labute approximate surface area is 172 Å². The first-order valence-corrected chi connectivity index (χ1v) is 9.19. The van der Waals surface area contributed by atoms with Crippen LogP contribution in [0.5, 0.6) is 0 Å². The third kappa shape index (κ3) is 3.93. The van der Waals surface area contributed by atoms with Crippen molar-refractivity contribution in [3.63, 3.8) is 0 Å². The van der Waals surface area contributed by atoms with E-state index in [2.05, 4.69) is 5.32 Å². The van der Waals surface area contributed by atoms with E-state index in [1.165, 1.54) is 11.7 Å². The number of esters is 1. The molecule has 1 N–H and O–H groups in total. The highest BCUT2D eigenvalue weighted by atomic mass is 35.5. The molecule has 1 aromatic carbocycles. The normalized spacial score (nSPS) is 11.9. The minimum atomic E-state index is -0.435. The molecule has 1 atom stereocenters. The van der Waals surface area contributed by atoms with Crippen LogP contribution in [-0.4, -0.2) is 22.2 Å². The number of carbonyl (C=O) groups is 1. The van der Waals surface area contributed by atoms with E-state index in [0.717, 1.165) is 5.56 Å². The Hall–Kier alpha value is -2.70. The fraction of sp³-hybridized carbons (Fsp3) is 0.200. The average molecular weight is 420 g/mol. The summed E-state index contributed by atoms with van der Waals surface area (Å²) in [4.78, 5) is 24.2. The highest BCUT2D eigenvalue weighted by molar-refractivity contribution is 6.30. The van der Waals surface area contributed by atoms with Crippen LogP contribution in [0.2, 0.25) is 10.0 Å². The molecule has 146 valence electrons. The molecule has 0 saturated heterocycles. The molecular formula is C20H19Cl2N3O3. The Morgan fingerprint density at radius 3 is 2.39 bits per heavy atom. The first-order chi connectivity index (χ1) is 13.3. The van der Waals surface area contributed by atoms with Crippen molar-refractivity contribution in [1.82, 2.24) is 9.13 Å². The molecule has 2 aromatic heterocycles. The van der Waals surface area contributed by atoms with Crippen LogP contribution in [0.15, 0.2) is 53.6 Å². The van der Waals surface area contributed by atoms with Crippen molar-refractivity contribution in [1.29, 1.82) is 0 Å². The van der Waals surface area contributed by atoms with Crippen molar-refractivity contribution in [2.45, 2.75) is 6.04 Å². The molecule has 28 heavy (non-hydrogen) atoms. The molecule has 8 heteroatoms. The molecule has 3 aromatic rings. The molecule has 3 rings (SSSR count).